The molecule has 9 heteroatoms. The molecule has 3 N–H and O–H groups in total. The molecule has 0 radical (unpaired) electrons. The molecule has 1 aliphatic carbocycles. The van der Waals surface area contributed by atoms with Crippen molar-refractivity contribution in [3.8, 4) is 0 Å². The van der Waals surface area contributed by atoms with E-state index in [0.29, 0.717) is 43.1 Å². The summed E-state index contributed by atoms with van der Waals surface area (Å²) in [6.45, 7) is 3.01. The fraction of sp³-hybridized carbons (Fsp3) is 0.435. The Bertz CT molecular complexity index is 1100. The van der Waals surface area contributed by atoms with Crippen molar-refractivity contribution >= 4 is 27.6 Å². The molecule has 8 nitrogen and oxygen atoms in total. The molecule has 2 fully saturated rings. The fourth-order valence-corrected chi connectivity index (χ4v) is 5.83. The van der Waals surface area contributed by atoms with E-state index in [1.165, 1.54) is 0 Å². The van der Waals surface area contributed by atoms with Crippen molar-refractivity contribution in [2.75, 3.05) is 18.4 Å². The number of hydrogen-bond acceptors (Lipinski definition) is 5. The number of carbonyl (C=O) groups is 2. The van der Waals surface area contributed by atoms with Crippen molar-refractivity contribution in [2.24, 2.45) is 11.7 Å². The molecule has 1 aliphatic heterocycles. The Labute approximate surface area is 188 Å². The van der Waals surface area contributed by atoms with E-state index in [1.54, 1.807) is 41.4 Å². The van der Waals surface area contributed by atoms with Crippen LogP contribution < -0.4 is 11.1 Å². The number of benzene rings is 1. The summed E-state index contributed by atoms with van der Waals surface area (Å²) in [5.41, 5.74) is 7.13. The van der Waals surface area contributed by atoms with Gasteiger partial charge in [0.1, 0.15) is 5.82 Å². The SMILES string of the molecule is Cc1ccc(NC(=O)C(CC2CCN(C(N)=O)C2)c2ccc(S(=O)(=O)C3CC3)cc2)nc1. The molecule has 0 spiro atoms. The molecule has 1 aromatic heterocycles. The first-order chi connectivity index (χ1) is 15.2. The van der Waals surface area contributed by atoms with Crippen LogP contribution in [0, 0.1) is 12.8 Å². The first-order valence-corrected chi connectivity index (χ1v) is 12.4. The van der Waals surface area contributed by atoms with Gasteiger partial charge in [0.2, 0.25) is 5.91 Å². The van der Waals surface area contributed by atoms with Crippen LogP contribution in [0.2, 0.25) is 0 Å². The Hall–Kier alpha value is -2.94. The summed E-state index contributed by atoms with van der Waals surface area (Å²) < 4.78 is 25.0. The molecule has 170 valence electrons. The van der Waals surface area contributed by atoms with Crippen LogP contribution in [-0.2, 0) is 14.6 Å². The number of carbonyl (C=O) groups excluding carboxylic acids is 2. The van der Waals surface area contributed by atoms with E-state index in [1.807, 2.05) is 13.0 Å². The molecule has 2 heterocycles. The molecule has 3 amide bonds. The Morgan fingerprint density at radius 2 is 1.88 bits per heavy atom. The maximum atomic E-state index is 13.2. The van der Waals surface area contributed by atoms with E-state index in [-0.39, 0.29) is 17.1 Å². The number of aryl methyl sites for hydroxylation is 1. The summed E-state index contributed by atoms with van der Waals surface area (Å²) in [6, 6.07) is 9.81. The predicted octanol–water partition coefficient (Wildman–Crippen LogP) is 2.84. The standard InChI is InChI=1S/C23H28N4O4S/c1-15-2-9-21(25-13-15)26-22(28)20(12-16-10-11-27(14-16)23(24)29)17-3-5-18(6-4-17)32(30,31)19-7-8-19/h2-6,9,13,16,19-20H,7-8,10-12,14H2,1H3,(H2,24,29)(H,25,26,28). The summed E-state index contributed by atoms with van der Waals surface area (Å²) in [4.78, 5) is 30.9. The molecule has 2 atom stereocenters. The molecular weight excluding hydrogens is 428 g/mol. The lowest BCUT2D eigenvalue weighted by Crippen LogP contribution is -2.34. The number of aromatic nitrogens is 1. The van der Waals surface area contributed by atoms with Gasteiger partial charge in [0, 0.05) is 19.3 Å². The predicted molar refractivity (Wildman–Crippen MR) is 121 cm³/mol. The van der Waals surface area contributed by atoms with Gasteiger partial charge in [-0.2, -0.15) is 0 Å². The second-order valence-corrected chi connectivity index (χ2v) is 11.0. The van der Waals surface area contributed by atoms with E-state index in [0.717, 1.165) is 17.5 Å². The van der Waals surface area contributed by atoms with Gasteiger partial charge in [-0.15, -0.1) is 0 Å². The Morgan fingerprint density at radius 1 is 1.16 bits per heavy atom. The molecule has 4 rings (SSSR count). The number of nitrogens with one attached hydrogen (secondary N) is 1. The number of pyridine rings is 1. The summed E-state index contributed by atoms with van der Waals surface area (Å²) in [6.07, 6.45) is 4.39. The van der Waals surface area contributed by atoms with Crippen LogP contribution in [0.3, 0.4) is 0 Å². The number of nitrogens with zero attached hydrogens (tertiary/aromatic N) is 2. The van der Waals surface area contributed by atoms with Gasteiger partial charge in [0.05, 0.1) is 16.1 Å². The highest BCUT2D eigenvalue weighted by molar-refractivity contribution is 7.92. The largest absolute Gasteiger partial charge is 0.351 e. The van der Waals surface area contributed by atoms with E-state index in [9.17, 15) is 18.0 Å². The van der Waals surface area contributed by atoms with Gasteiger partial charge in [-0.3, -0.25) is 4.79 Å². The number of hydrogen-bond donors (Lipinski definition) is 2. The molecule has 1 aromatic carbocycles. The van der Waals surface area contributed by atoms with Gasteiger partial charge in [0.15, 0.2) is 9.84 Å². The summed E-state index contributed by atoms with van der Waals surface area (Å²) in [5.74, 6) is -0.131. The number of sulfone groups is 1. The molecule has 2 unspecified atom stereocenters. The third-order valence-electron chi connectivity index (χ3n) is 6.22. The fourth-order valence-electron chi connectivity index (χ4n) is 4.17. The molecule has 2 aromatic rings. The minimum absolute atomic E-state index is 0.124. The first-order valence-electron chi connectivity index (χ1n) is 10.9. The number of rotatable bonds is 7. The molecule has 1 saturated carbocycles. The summed E-state index contributed by atoms with van der Waals surface area (Å²) >= 11 is 0. The van der Waals surface area contributed by atoms with Gasteiger partial charge >= 0.3 is 6.03 Å². The van der Waals surface area contributed by atoms with Gasteiger partial charge in [-0.1, -0.05) is 18.2 Å². The van der Waals surface area contributed by atoms with Gasteiger partial charge in [-0.05, 0) is 67.9 Å². The number of primary amides is 1. The van der Waals surface area contributed by atoms with Crippen molar-refractivity contribution < 1.29 is 18.0 Å². The maximum absolute atomic E-state index is 13.2. The molecular formula is C23H28N4O4S. The average Bonchev–Trinajstić information content (AvgIpc) is 3.53. The molecule has 32 heavy (non-hydrogen) atoms. The normalized spacial score (nSPS) is 19.5. The van der Waals surface area contributed by atoms with Crippen LogP contribution >= 0.6 is 0 Å². The second kappa shape index (κ2) is 8.90. The molecule has 1 saturated heterocycles. The van der Waals surface area contributed by atoms with Crippen LogP contribution in [-0.4, -0.2) is 48.6 Å². The van der Waals surface area contributed by atoms with Crippen LogP contribution in [0.15, 0.2) is 47.5 Å². The molecule has 2 aliphatic rings. The lowest BCUT2D eigenvalue weighted by Gasteiger charge is -2.21. The lowest BCUT2D eigenvalue weighted by atomic mass is 9.87. The maximum Gasteiger partial charge on any atom is 0.314 e. The quantitative estimate of drug-likeness (QED) is 0.663. The number of likely N-dealkylation sites (tertiary alicyclic amines) is 1. The Kier molecular flexibility index (Phi) is 6.19. The van der Waals surface area contributed by atoms with E-state index in [4.69, 9.17) is 5.73 Å². The summed E-state index contributed by atoms with van der Waals surface area (Å²) in [7, 11) is -3.29. The lowest BCUT2D eigenvalue weighted by molar-refractivity contribution is -0.118. The van der Waals surface area contributed by atoms with Crippen molar-refractivity contribution in [1.29, 1.82) is 0 Å². The van der Waals surface area contributed by atoms with Gasteiger partial charge in [-0.25, -0.2) is 18.2 Å². The zero-order chi connectivity index (χ0) is 22.9. The number of urea groups is 1. The van der Waals surface area contributed by atoms with Crippen molar-refractivity contribution in [3.63, 3.8) is 0 Å². The first kappa shape index (κ1) is 22.3. The highest BCUT2D eigenvalue weighted by Crippen LogP contribution is 2.35. The third kappa shape index (κ3) is 4.93. The van der Waals surface area contributed by atoms with Crippen molar-refractivity contribution in [3.05, 3.63) is 53.7 Å². The van der Waals surface area contributed by atoms with Crippen LogP contribution in [0.1, 0.15) is 42.7 Å². The highest BCUT2D eigenvalue weighted by Gasteiger charge is 2.37. The molecule has 0 bridgehead atoms. The minimum atomic E-state index is -3.29. The van der Waals surface area contributed by atoms with Crippen LogP contribution in [0.5, 0.6) is 0 Å². The zero-order valence-electron chi connectivity index (χ0n) is 18.0. The second-order valence-electron chi connectivity index (χ2n) is 8.75. The Balaban J connectivity index is 1.55. The van der Waals surface area contributed by atoms with E-state index >= 15 is 0 Å². The Morgan fingerprint density at radius 3 is 2.44 bits per heavy atom. The monoisotopic (exact) mass is 456 g/mol. The average molecular weight is 457 g/mol. The highest BCUT2D eigenvalue weighted by atomic mass is 32.2. The zero-order valence-corrected chi connectivity index (χ0v) is 18.8. The topological polar surface area (TPSA) is 122 Å². The smallest absolute Gasteiger partial charge is 0.314 e. The van der Waals surface area contributed by atoms with E-state index < -0.39 is 21.8 Å². The number of nitrogens with two attached hydrogens (primary N) is 1. The van der Waals surface area contributed by atoms with Gasteiger partial charge in [0.25, 0.3) is 0 Å². The van der Waals surface area contributed by atoms with Crippen molar-refractivity contribution in [1.82, 2.24) is 9.88 Å². The third-order valence-corrected chi connectivity index (χ3v) is 8.50. The minimum Gasteiger partial charge on any atom is -0.351 e. The van der Waals surface area contributed by atoms with Crippen molar-refractivity contribution in [2.45, 2.75) is 48.7 Å². The van der Waals surface area contributed by atoms with Gasteiger partial charge < -0.3 is 16.0 Å². The number of anilines is 1. The van der Waals surface area contributed by atoms with Crippen LogP contribution in [0.4, 0.5) is 10.6 Å². The number of amides is 3. The summed E-state index contributed by atoms with van der Waals surface area (Å²) in [5, 5.41) is 2.60. The van der Waals surface area contributed by atoms with Crippen LogP contribution in [0.25, 0.3) is 0 Å². The van der Waals surface area contributed by atoms with E-state index in [2.05, 4.69) is 10.3 Å².